The zero-order valence-corrected chi connectivity index (χ0v) is 18.6. The maximum atomic E-state index is 13.5. The molecule has 1 saturated carbocycles. The molecule has 0 bridgehead atoms. The van der Waals surface area contributed by atoms with E-state index < -0.39 is 6.04 Å². The Labute approximate surface area is 183 Å². The maximum absolute atomic E-state index is 13.5. The summed E-state index contributed by atoms with van der Waals surface area (Å²) < 4.78 is 10.8. The van der Waals surface area contributed by atoms with Crippen LogP contribution in [0.5, 0.6) is 0 Å². The number of carbonyl (C=O) groups is 2. The van der Waals surface area contributed by atoms with Crippen molar-refractivity contribution in [3.63, 3.8) is 0 Å². The standard InChI is InChI=1S/C23H32N2O4S/c1-2-29-22(27)20-17-30-23(25(20)21(26)16-24-12-14-28-15-13-24)10-8-19(9-11-23)18-6-4-3-5-7-18/h3-7,19-20H,2,8-17H2,1H3/t19?,20-,23?/m0/s1. The summed E-state index contributed by atoms with van der Waals surface area (Å²) in [6, 6.07) is 10.2. The van der Waals surface area contributed by atoms with Gasteiger partial charge in [-0.15, -0.1) is 11.8 Å². The smallest absolute Gasteiger partial charge is 0.329 e. The van der Waals surface area contributed by atoms with Gasteiger partial charge >= 0.3 is 5.97 Å². The van der Waals surface area contributed by atoms with Crippen LogP contribution < -0.4 is 0 Å². The summed E-state index contributed by atoms with van der Waals surface area (Å²) in [4.78, 5) is 29.9. The lowest BCUT2D eigenvalue weighted by Gasteiger charge is -2.45. The predicted molar refractivity (Wildman–Crippen MR) is 117 cm³/mol. The Morgan fingerprint density at radius 2 is 1.87 bits per heavy atom. The molecular formula is C23H32N2O4S. The van der Waals surface area contributed by atoms with E-state index in [2.05, 4.69) is 35.2 Å². The van der Waals surface area contributed by atoms with Crippen molar-refractivity contribution < 1.29 is 19.1 Å². The molecule has 3 aliphatic rings. The second kappa shape index (κ2) is 9.71. The molecule has 0 radical (unpaired) electrons. The van der Waals surface area contributed by atoms with E-state index >= 15 is 0 Å². The van der Waals surface area contributed by atoms with Crippen molar-refractivity contribution >= 4 is 23.6 Å². The van der Waals surface area contributed by atoms with Crippen molar-refractivity contribution in [3.05, 3.63) is 35.9 Å². The fraction of sp³-hybridized carbons (Fsp3) is 0.652. The summed E-state index contributed by atoms with van der Waals surface area (Å²) in [5.74, 6) is 0.944. The van der Waals surface area contributed by atoms with Crippen LogP contribution >= 0.6 is 11.8 Å². The van der Waals surface area contributed by atoms with Crippen LogP contribution in [0, 0.1) is 0 Å². The number of benzene rings is 1. The van der Waals surface area contributed by atoms with Crippen molar-refractivity contribution in [2.24, 2.45) is 0 Å². The topological polar surface area (TPSA) is 59.1 Å². The molecule has 1 atom stereocenters. The highest BCUT2D eigenvalue weighted by molar-refractivity contribution is 8.01. The predicted octanol–water partition coefficient (Wildman–Crippen LogP) is 2.88. The second-order valence-electron chi connectivity index (χ2n) is 8.36. The minimum atomic E-state index is -0.475. The van der Waals surface area contributed by atoms with Crippen LogP contribution in [0.4, 0.5) is 0 Å². The maximum Gasteiger partial charge on any atom is 0.329 e. The molecule has 3 fully saturated rings. The van der Waals surface area contributed by atoms with Crippen LogP contribution in [0.25, 0.3) is 0 Å². The van der Waals surface area contributed by atoms with Gasteiger partial charge in [0, 0.05) is 18.8 Å². The number of carbonyl (C=O) groups excluding carboxylic acids is 2. The lowest BCUT2D eigenvalue weighted by atomic mass is 9.80. The normalized spacial score (nSPS) is 29.8. The molecule has 2 saturated heterocycles. The van der Waals surface area contributed by atoms with Gasteiger partial charge in [-0.05, 0) is 44.1 Å². The Kier molecular flexibility index (Phi) is 7.01. The van der Waals surface area contributed by atoms with Crippen molar-refractivity contribution in [2.45, 2.75) is 49.4 Å². The molecule has 0 aromatic heterocycles. The second-order valence-corrected chi connectivity index (χ2v) is 9.74. The fourth-order valence-electron chi connectivity index (χ4n) is 5.01. The van der Waals surface area contributed by atoms with Gasteiger partial charge in [-0.3, -0.25) is 9.69 Å². The van der Waals surface area contributed by atoms with E-state index in [1.165, 1.54) is 5.56 Å². The quantitative estimate of drug-likeness (QED) is 0.667. The van der Waals surface area contributed by atoms with E-state index in [9.17, 15) is 9.59 Å². The summed E-state index contributed by atoms with van der Waals surface area (Å²) in [7, 11) is 0. The average molecular weight is 433 g/mol. The van der Waals surface area contributed by atoms with E-state index in [1.54, 1.807) is 11.8 Å². The van der Waals surface area contributed by atoms with Crippen molar-refractivity contribution in [2.75, 3.05) is 45.2 Å². The fourth-order valence-corrected chi connectivity index (χ4v) is 6.66. The van der Waals surface area contributed by atoms with Crippen molar-refractivity contribution in [3.8, 4) is 0 Å². The Balaban J connectivity index is 1.50. The molecule has 30 heavy (non-hydrogen) atoms. The van der Waals surface area contributed by atoms with Crippen LogP contribution in [-0.2, 0) is 19.1 Å². The van der Waals surface area contributed by atoms with Crippen LogP contribution in [0.3, 0.4) is 0 Å². The SMILES string of the molecule is CCOC(=O)[C@@H]1CSC2(CCC(c3ccccc3)CC2)N1C(=O)CN1CCOCC1. The number of rotatable bonds is 5. The average Bonchev–Trinajstić information content (AvgIpc) is 3.14. The van der Waals surface area contributed by atoms with Crippen molar-refractivity contribution in [1.29, 1.82) is 0 Å². The van der Waals surface area contributed by atoms with Gasteiger partial charge in [0.05, 0.1) is 31.2 Å². The van der Waals surface area contributed by atoms with Crippen LogP contribution in [0.15, 0.2) is 30.3 Å². The number of esters is 1. The summed E-state index contributed by atoms with van der Waals surface area (Å²) >= 11 is 1.78. The van der Waals surface area contributed by atoms with Crippen molar-refractivity contribution in [1.82, 2.24) is 9.80 Å². The first-order valence-corrected chi connectivity index (χ1v) is 12.1. The lowest BCUT2D eigenvalue weighted by molar-refractivity contribution is -0.157. The molecule has 2 aliphatic heterocycles. The summed E-state index contributed by atoms with van der Waals surface area (Å²) in [6.45, 7) is 5.36. The van der Waals surface area contributed by atoms with E-state index in [-0.39, 0.29) is 16.7 Å². The highest BCUT2D eigenvalue weighted by Gasteiger charge is 2.53. The van der Waals surface area contributed by atoms with Gasteiger partial charge in [-0.2, -0.15) is 0 Å². The van der Waals surface area contributed by atoms with Crippen LogP contribution in [-0.4, -0.2) is 77.8 Å². The Morgan fingerprint density at radius 1 is 1.17 bits per heavy atom. The number of nitrogens with zero attached hydrogens (tertiary/aromatic N) is 2. The first-order valence-electron chi connectivity index (χ1n) is 11.1. The molecular weight excluding hydrogens is 400 g/mol. The number of ether oxygens (including phenoxy) is 2. The molecule has 2 heterocycles. The zero-order valence-electron chi connectivity index (χ0n) is 17.8. The zero-order chi connectivity index (χ0) is 21.0. The molecule has 0 unspecified atom stereocenters. The summed E-state index contributed by atoms with van der Waals surface area (Å²) in [6.07, 6.45) is 3.91. The molecule has 0 N–H and O–H groups in total. The first-order chi connectivity index (χ1) is 14.6. The highest BCUT2D eigenvalue weighted by Crippen LogP contribution is 2.52. The summed E-state index contributed by atoms with van der Waals surface area (Å²) in [5.41, 5.74) is 1.38. The van der Waals surface area contributed by atoms with Gasteiger partial charge in [0.1, 0.15) is 6.04 Å². The molecule has 4 rings (SSSR count). The van der Waals surface area contributed by atoms with Crippen LogP contribution in [0.1, 0.15) is 44.1 Å². The number of thioether (sulfide) groups is 1. The monoisotopic (exact) mass is 432 g/mol. The Morgan fingerprint density at radius 3 is 2.53 bits per heavy atom. The van der Waals surface area contributed by atoms with Gasteiger partial charge < -0.3 is 14.4 Å². The van der Waals surface area contributed by atoms with E-state index in [1.807, 2.05) is 11.8 Å². The van der Waals surface area contributed by atoms with Gasteiger partial charge in [0.2, 0.25) is 5.91 Å². The van der Waals surface area contributed by atoms with E-state index in [0.29, 0.717) is 38.0 Å². The Bertz CT molecular complexity index is 730. The molecule has 1 spiro atoms. The number of morpholine rings is 1. The third-order valence-electron chi connectivity index (χ3n) is 6.59. The molecule has 1 amide bonds. The molecule has 1 aromatic carbocycles. The first kappa shape index (κ1) is 21.7. The number of hydrogen-bond acceptors (Lipinski definition) is 6. The highest BCUT2D eigenvalue weighted by atomic mass is 32.2. The third-order valence-corrected chi connectivity index (χ3v) is 8.21. The molecule has 7 heteroatoms. The minimum Gasteiger partial charge on any atom is -0.464 e. The van der Waals surface area contributed by atoms with Gasteiger partial charge in [0.25, 0.3) is 0 Å². The third kappa shape index (κ3) is 4.53. The molecule has 1 aliphatic carbocycles. The number of hydrogen-bond donors (Lipinski definition) is 0. The largest absolute Gasteiger partial charge is 0.464 e. The molecule has 164 valence electrons. The van der Waals surface area contributed by atoms with Gasteiger partial charge in [-0.25, -0.2) is 4.79 Å². The van der Waals surface area contributed by atoms with Crippen LogP contribution in [0.2, 0.25) is 0 Å². The lowest BCUT2D eigenvalue weighted by Crippen LogP contribution is -2.57. The number of amides is 1. The summed E-state index contributed by atoms with van der Waals surface area (Å²) in [5, 5.41) is 0. The van der Waals surface area contributed by atoms with Gasteiger partial charge in [-0.1, -0.05) is 30.3 Å². The minimum absolute atomic E-state index is 0.0538. The molecule has 1 aromatic rings. The Hall–Kier alpha value is -1.57. The van der Waals surface area contributed by atoms with Gasteiger partial charge in [0.15, 0.2) is 0 Å². The molecule has 6 nitrogen and oxygen atoms in total. The van der Waals surface area contributed by atoms with E-state index in [4.69, 9.17) is 9.47 Å². The van der Waals surface area contributed by atoms with E-state index in [0.717, 1.165) is 38.8 Å².